The molecule has 0 bridgehead atoms. The number of rotatable bonds is 5. The van der Waals surface area contributed by atoms with E-state index in [0.717, 1.165) is 23.0 Å². The van der Waals surface area contributed by atoms with Crippen molar-refractivity contribution in [2.75, 3.05) is 7.11 Å². The van der Waals surface area contributed by atoms with E-state index in [0.29, 0.717) is 12.4 Å². The van der Waals surface area contributed by atoms with E-state index in [1.54, 1.807) is 7.11 Å². The third-order valence-corrected chi connectivity index (χ3v) is 4.64. The predicted octanol–water partition coefficient (Wildman–Crippen LogP) is 3.42. The molecule has 1 N–H and O–H groups in total. The van der Waals surface area contributed by atoms with Gasteiger partial charge in [0.05, 0.1) is 12.8 Å². The van der Waals surface area contributed by atoms with E-state index in [9.17, 15) is 0 Å². The van der Waals surface area contributed by atoms with Crippen molar-refractivity contribution in [2.24, 2.45) is 0 Å². The maximum absolute atomic E-state index is 5.03. The average Bonchev–Trinajstić information content (AvgIpc) is 2.48. The lowest BCUT2D eigenvalue weighted by atomic mass is 9.72. The summed E-state index contributed by atoms with van der Waals surface area (Å²) in [6, 6.07) is 12.4. The number of methoxy groups -OCH3 is 1. The van der Waals surface area contributed by atoms with Gasteiger partial charge in [-0.25, -0.2) is 0 Å². The second-order valence-corrected chi connectivity index (χ2v) is 6.28. The van der Waals surface area contributed by atoms with Crippen molar-refractivity contribution >= 4 is 15.9 Å². The second kappa shape index (κ2) is 6.12. The smallest absolute Gasteiger partial charge is 0.233 e. The molecule has 1 aliphatic carbocycles. The molecule has 0 aliphatic heterocycles. The van der Waals surface area contributed by atoms with Crippen LogP contribution in [0.2, 0.25) is 0 Å². The Morgan fingerprint density at radius 1 is 1.14 bits per heavy atom. The van der Waals surface area contributed by atoms with Crippen LogP contribution in [0.5, 0.6) is 5.88 Å². The Balaban J connectivity index is 1.70. The molecule has 1 aromatic heterocycles. The number of halogens is 1. The molecule has 0 amide bonds. The highest BCUT2D eigenvalue weighted by Crippen LogP contribution is 2.41. The quantitative estimate of drug-likeness (QED) is 0.900. The molecule has 1 fully saturated rings. The van der Waals surface area contributed by atoms with Gasteiger partial charge in [-0.3, -0.25) is 0 Å². The average molecular weight is 348 g/mol. The number of nitrogens with one attached hydrogen (secondary N) is 1. The van der Waals surface area contributed by atoms with Gasteiger partial charge in [0, 0.05) is 22.6 Å². The Kier molecular flexibility index (Phi) is 4.22. The molecule has 0 radical (unpaired) electrons. The van der Waals surface area contributed by atoms with Gasteiger partial charge in [-0.05, 0) is 43.0 Å². The number of aromatic nitrogens is 2. The van der Waals surface area contributed by atoms with Crippen molar-refractivity contribution < 1.29 is 4.74 Å². The number of benzene rings is 1. The van der Waals surface area contributed by atoms with Crippen LogP contribution in [0.1, 0.15) is 30.5 Å². The van der Waals surface area contributed by atoms with Crippen LogP contribution in [-0.4, -0.2) is 17.3 Å². The van der Waals surface area contributed by atoms with Gasteiger partial charge in [-0.2, -0.15) is 5.10 Å². The molecule has 110 valence electrons. The molecule has 1 aliphatic rings. The van der Waals surface area contributed by atoms with Crippen LogP contribution >= 0.6 is 15.9 Å². The van der Waals surface area contributed by atoms with Gasteiger partial charge in [0.2, 0.25) is 5.88 Å². The zero-order chi connectivity index (χ0) is 14.7. The van der Waals surface area contributed by atoms with E-state index in [-0.39, 0.29) is 5.54 Å². The van der Waals surface area contributed by atoms with Crippen LogP contribution in [-0.2, 0) is 12.1 Å². The molecule has 21 heavy (non-hydrogen) atoms. The molecular formula is C16H18BrN3O. The molecule has 1 heterocycles. The van der Waals surface area contributed by atoms with E-state index in [1.807, 2.05) is 12.1 Å². The summed E-state index contributed by atoms with van der Waals surface area (Å²) in [4.78, 5) is 0. The van der Waals surface area contributed by atoms with Gasteiger partial charge in [0.1, 0.15) is 0 Å². The Labute approximate surface area is 133 Å². The summed E-state index contributed by atoms with van der Waals surface area (Å²) in [5, 5.41) is 11.8. The van der Waals surface area contributed by atoms with Crippen molar-refractivity contribution in [3.63, 3.8) is 0 Å². The normalized spacial score (nSPS) is 16.3. The fraction of sp³-hybridized carbons (Fsp3) is 0.375. The van der Waals surface area contributed by atoms with Gasteiger partial charge in [-0.1, -0.05) is 28.1 Å². The van der Waals surface area contributed by atoms with Crippen molar-refractivity contribution in [3.8, 4) is 5.88 Å². The number of nitrogens with zero attached hydrogens (tertiary/aromatic N) is 2. The summed E-state index contributed by atoms with van der Waals surface area (Å²) in [6.07, 6.45) is 3.59. The van der Waals surface area contributed by atoms with Crippen LogP contribution in [0.3, 0.4) is 0 Å². The third-order valence-electron chi connectivity index (χ3n) is 4.12. The fourth-order valence-electron chi connectivity index (χ4n) is 2.68. The fourth-order valence-corrected chi connectivity index (χ4v) is 2.94. The van der Waals surface area contributed by atoms with Gasteiger partial charge >= 0.3 is 0 Å². The van der Waals surface area contributed by atoms with Crippen molar-refractivity contribution in [1.82, 2.24) is 15.5 Å². The van der Waals surface area contributed by atoms with Gasteiger partial charge < -0.3 is 10.1 Å². The Bertz CT molecular complexity index is 594. The largest absolute Gasteiger partial charge is 0.480 e. The molecule has 0 atom stereocenters. The zero-order valence-corrected chi connectivity index (χ0v) is 13.6. The van der Waals surface area contributed by atoms with Crippen LogP contribution in [0.15, 0.2) is 40.9 Å². The van der Waals surface area contributed by atoms with Gasteiger partial charge in [0.25, 0.3) is 0 Å². The lowest BCUT2D eigenvalue weighted by Gasteiger charge is -2.43. The first-order valence-electron chi connectivity index (χ1n) is 7.09. The van der Waals surface area contributed by atoms with E-state index in [4.69, 9.17) is 4.74 Å². The highest BCUT2D eigenvalue weighted by atomic mass is 79.9. The van der Waals surface area contributed by atoms with Crippen LogP contribution < -0.4 is 10.1 Å². The molecule has 4 nitrogen and oxygen atoms in total. The van der Waals surface area contributed by atoms with Crippen molar-refractivity contribution in [3.05, 3.63) is 52.1 Å². The standard InChI is InChI=1S/C16H18BrN3O/c1-21-15-8-7-14(19-20-15)11-18-16(9-2-10-16)12-3-5-13(17)6-4-12/h3-8,18H,2,9-11H2,1H3. The molecule has 1 saturated carbocycles. The van der Waals surface area contributed by atoms with E-state index >= 15 is 0 Å². The summed E-state index contributed by atoms with van der Waals surface area (Å²) in [5.74, 6) is 0.546. The third kappa shape index (κ3) is 3.09. The first-order valence-corrected chi connectivity index (χ1v) is 7.89. The topological polar surface area (TPSA) is 47.0 Å². The molecular weight excluding hydrogens is 330 g/mol. The minimum atomic E-state index is 0.0856. The van der Waals surface area contributed by atoms with E-state index < -0.39 is 0 Å². The minimum absolute atomic E-state index is 0.0856. The van der Waals surface area contributed by atoms with Crippen LogP contribution in [0.25, 0.3) is 0 Å². The number of hydrogen-bond donors (Lipinski definition) is 1. The first-order chi connectivity index (χ1) is 10.2. The SMILES string of the molecule is COc1ccc(CNC2(c3ccc(Br)cc3)CCC2)nn1. The second-order valence-electron chi connectivity index (χ2n) is 5.36. The number of hydrogen-bond acceptors (Lipinski definition) is 4. The summed E-state index contributed by atoms with van der Waals surface area (Å²) >= 11 is 3.49. The molecule has 0 spiro atoms. The summed E-state index contributed by atoms with van der Waals surface area (Å²) in [5.41, 5.74) is 2.36. The number of ether oxygens (including phenoxy) is 1. The monoisotopic (exact) mass is 347 g/mol. The molecule has 3 rings (SSSR count). The van der Waals surface area contributed by atoms with Crippen LogP contribution in [0.4, 0.5) is 0 Å². The maximum atomic E-state index is 5.03. The molecule has 0 saturated heterocycles. The zero-order valence-electron chi connectivity index (χ0n) is 12.0. The Morgan fingerprint density at radius 3 is 2.43 bits per heavy atom. The summed E-state index contributed by atoms with van der Waals surface area (Å²) < 4.78 is 6.14. The van der Waals surface area contributed by atoms with Crippen LogP contribution in [0, 0.1) is 0 Å². The van der Waals surface area contributed by atoms with Gasteiger partial charge in [0.15, 0.2) is 0 Å². The van der Waals surface area contributed by atoms with E-state index in [2.05, 4.69) is 55.7 Å². The maximum Gasteiger partial charge on any atom is 0.233 e. The summed E-state index contributed by atoms with van der Waals surface area (Å²) in [7, 11) is 1.60. The van der Waals surface area contributed by atoms with Crippen molar-refractivity contribution in [2.45, 2.75) is 31.3 Å². The van der Waals surface area contributed by atoms with Gasteiger partial charge in [-0.15, -0.1) is 5.10 Å². The summed E-state index contributed by atoms with van der Waals surface area (Å²) in [6.45, 7) is 0.715. The Hall–Kier alpha value is -1.46. The molecule has 2 aromatic rings. The molecule has 5 heteroatoms. The van der Waals surface area contributed by atoms with Crippen molar-refractivity contribution in [1.29, 1.82) is 0 Å². The molecule has 0 unspecified atom stereocenters. The highest BCUT2D eigenvalue weighted by molar-refractivity contribution is 9.10. The first kappa shape index (κ1) is 14.5. The predicted molar refractivity (Wildman–Crippen MR) is 85.1 cm³/mol. The lowest BCUT2D eigenvalue weighted by molar-refractivity contribution is 0.182. The highest BCUT2D eigenvalue weighted by Gasteiger charge is 2.38. The molecule has 1 aromatic carbocycles. The lowest BCUT2D eigenvalue weighted by Crippen LogP contribution is -2.47. The Morgan fingerprint density at radius 2 is 1.90 bits per heavy atom. The minimum Gasteiger partial charge on any atom is -0.480 e. The van der Waals surface area contributed by atoms with E-state index in [1.165, 1.54) is 12.0 Å².